The lowest BCUT2D eigenvalue weighted by Gasteiger charge is -2.35. The van der Waals surface area contributed by atoms with E-state index in [9.17, 15) is 10.1 Å². The Labute approximate surface area is 117 Å². The van der Waals surface area contributed by atoms with E-state index >= 15 is 0 Å². The number of nitrogens with zero attached hydrogens (tertiary/aromatic N) is 2. The van der Waals surface area contributed by atoms with Crippen molar-refractivity contribution < 1.29 is 4.92 Å². The molecule has 0 spiro atoms. The molecule has 0 radical (unpaired) electrons. The number of nitro groups is 1. The third-order valence-corrected chi connectivity index (χ3v) is 4.06. The van der Waals surface area contributed by atoms with E-state index in [1.165, 1.54) is 12.1 Å². The zero-order valence-electron chi connectivity index (χ0n) is 11.1. The van der Waals surface area contributed by atoms with Gasteiger partial charge in [-0.2, -0.15) is 0 Å². The normalized spacial score (nSPS) is 24.2. The third-order valence-electron chi connectivity index (χ3n) is 3.73. The Morgan fingerprint density at radius 2 is 2.26 bits per heavy atom. The van der Waals surface area contributed by atoms with E-state index in [-0.39, 0.29) is 5.69 Å². The van der Waals surface area contributed by atoms with Crippen molar-refractivity contribution in [1.82, 2.24) is 4.90 Å². The van der Waals surface area contributed by atoms with Crippen molar-refractivity contribution in [2.45, 2.75) is 31.8 Å². The number of hydrogen-bond acceptors (Lipinski definition) is 4. The fourth-order valence-electron chi connectivity index (χ4n) is 2.38. The first-order chi connectivity index (χ1) is 8.97. The summed E-state index contributed by atoms with van der Waals surface area (Å²) in [5.74, 6) is 0. The van der Waals surface area contributed by atoms with E-state index in [2.05, 4.69) is 24.2 Å². The highest BCUT2D eigenvalue weighted by molar-refractivity contribution is 6.33. The first-order valence-corrected chi connectivity index (χ1v) is 6.76. The number of non-ortho nitro benzene ring substituents is 1. The van der Waals surface area contributed by atoms with E-state index in [1.807, 2.05) is 0 Å². The Morgan fingerprint density at radius 1 is 1.53 bits per heavy atom. The first kappa shape index (κ1) is 14.1. The van der Waals surface area contributed by atoms with Crippen LogP contribution in [-0.4, -0.2) is 35.5 Å². The number of hydrogen-bond donors (Lipinski definition) is 1. The van der Waals surface area contributed by atoms with Crippen molar-refractivity contribution in [2.24, 2.45) is 0 Å². The minimum atomic E-state index is -0.404. The van der Waals surface area contributed by atoms with Crippen molar-refractivity contribution in [3.8, 4) is 0 Å². The van der Waals surface area contributed by atoms with Gasteiger partial charge in [-0.05, 0) is 32.9 Å². The molecular formula is C13H18ClN3O2. The van der Waals surface area contributed by atoms with Crippen molar-refractivity contribution in [3.63, 3.8) is 0 Å². The number of nitro benzene ring substituents is 1. The molecule has 19 heavy (non-hydrogen) atoms. The first-order valence-electron chi connectivity index (χ1n) is 6.38. The Balaban J connectivity index is 2.10. The van der Waals surface area contributed by atoms with Crippen LogP contribution in [0, 0.1) is 10.1 Å². The van der Waals surface area contributed by atoms with Gasteiger partial charge in [0.1, 0.15) is 0 Å². The molecule has 104 valence electrons. The number of nitrogens with one attached hydrogen (secondary N) is 1. The van der Waals surface area contributed by atoms with Gasteiger partial charge in [-0.25, -0.2) is 0 Å². The Morgan fingerprint density at radius 3 is 2.89 bits per heavy atom. The molecule has 1 N–H and O–H groups in total. The number of likely N-dealkylation sites (tertiary alicyclic amines) is 1. The molecule has 0 aromatic heterocycles. The van der Waals surface area contributed by atoms with Crippen LogP contribution in [0.3, 0.4) is 0 Å². The van der Waals surface area contributed by atoms with Crippen LogP contribution < -0.4 is 5.32 Å². The summed E-state index contributed by atoms with van der Waals surface area (Å²) >= 11 is 6.09. The number of rotatable bonds is 3. The fraction of sp³-hybridized carbons (Fsp3) is 0.538. The van der Waals surface area contributed by atoms with Crippen LogP contribution in [-0.2, 0) is 0 Å². The molecule has 5 nitrogen and oxygen atoms in total. The van der Waals surface area contributed by atoms with Gasteiger partial charge in [-0.3, -0.25) is 10.1 Å². The monoisotopic (exact) mass is 283 g/mol. The predicted molar refractivity (Wildman–Crippen MR) is 76.8 cm³/mol. The third kappa shape index (κ3) is 3.36. The fourth-order valence-corrected chi connectivity index (χ4v) is 2.55. The highest BCUT2D eigenvalue weighted by Gasteiger charge is 2.23. The molecule has 1 saturated heterocycles. The van der Waals surface area contributed by atoms with Crippen LogP contribution >= 0.6 is 11.6 Å². The molecule has 0 saturated carbocycles. The smallest absolute Gasteiger partial charge is 0.271 e. The molecule has 1 aliphatic rings. The summed E-state index contributed by atoms with van der Waals surface area (Å²) in [5, 5.41) is 14.6. The van der Waals surface area contributed by atoms with E-state index in [0.29, 0.717) is 22.8 Å². The molecule has 1 aromatic rings. The summed E-state index contributed by atoms with van der Waals surface area (Å²) in [5.41, 5.74) is 0.713. The van der Waals surface area contributed by atoms with E-state index < -0.39 is 4.92 Å². The Hall–Kier alpha value is -1.33. The molecule has 2 rings (SSSR count). The van der Waals surface area contributed by atoms with Gasteiger partial charge in [0.15, 0.2) is 0 Å². The maximum atomic E-state index is 10.8. The maximum absolute atomic E-state index is 10.8. The van der Waals surface area contributed by atoms with Gasteiger partial charge in [0.2, 0.25) is 0 Å². The van der Waals surface area contributed by atoms with Crippen LogP contribution in [0.5, 0.6) is 0 Å². The quantitative estimate of drug-likeness (QED) is 0.684. The van der Waals surface area contributed by atoms with Gasteiger partial charge in [0.05, 0.1) is 15.6 Å². The SMILES string of the molecule is CC1CC(Nc2cc([N+](=O)[O-])ccc2Cl)CCN1C. The van der Waals surface area contributed by atoms with Crippen LogP contribution in [0.1, 0.15) is 19.8 Å². The van der Waals surface area contributed by atoms with E-state index in [4.69, 9.17) is 11.6 Å². The number of benzene rings is 1. The van der Waals surface area contributed by atoms with Crippen molar-refractivity contribution in [2.75, 3.05) is 18.9 Å². The highest BCUT2D eigenvalue weighted by atomic mass is 35.5. The van der Waals surface area contributed by atoms with E-state index in [1.54, 1.807) is 6.07 Å². The molecular weight excluding hydrogens is 266 g/mol. The van der Waals surface area contributed by atoms with Gasteiger partial charge in [0.25, 0.3) is 5.69 Å². The summed E-state index contributed by atoms with van der Waals surface area (Å²) in [7, 11) is 2.11. The largest absolute Gasteiger partial charge is 0.381 e. The van der Waals surface area contributed by atoms with Gasteiger partial charge >= 0.3 is 0 Å². The van der Waals surface area contributed by atoms with Gasteiger partial charge in [-0.1, -0.05) is 11.6 Å². The maximum Gasteiger partial charge on any atom is 0.271 e. The lowest BCUT2D eigenvalue weighted by molar-refractivity contribution is -0.384. The molecule has 1 aromatic carbocycles. The molecule has 0 amide bonds. The second kappa shape index (κ2) is 5.75. The van der Waals surface area contributed by atoms with Crippen LogP contribution in [0.2, 0.25) is 5.02 Å². The molecule has 2 atom stereocenters. The minimum absolute atomic E-state index is 0.0628. The molecule has 0 aliphatic carbocycles. The molecule has 1 heterocycles. The standard InChI is InChI=1S/C13H18ClN3O2/c1-9-7-10(5-6-16(9)2)15-13-8-11(17(18)19)3-4-12(13)14/h3-4,8-10,15H,5-7H2,1-2H3. The van der Waals surface area contributed by atoms with Gasteiger partial charge < -0.3 is 10.2 Å². The predicted octanol–water partition coefficient (Wildman–Crippen LogP) is 3.14. The second-order valence-corrected chi connectivity index (χ2v) is 5.52. The lowest BCUT2D eigenvalue weighted by Crippen LogP contribution is -2.42. The van der Waals surface area contributed by atoms with E-state index in [0.717, 1.165) is 19.4 Å². The van der Waals surface area contributed by atoms with Crippen molar-refractivity contribution in [3.05, 3.63) is 33.3 Å². The Bertz CT molecular complexity index is 481. The molecule has 2 unspecified atom stereocenters. The summed E-state index contributed by atoms with van der Waals surface area (Å²) in [6.07, 6.45) is 2.02. The molecule has 1 aliphatic heterocycles. The van der Waals surface area contributed by atoms with Gasteiger partial charge in [-0.15, -0.1) is 0 Å². The lowest BCUT2D eigenvalue weighted by atomic mass is 9.98. The zero-order valence-corrected chi connectivity index (χ0v) is 11.9. The number of anilines is 1. The summed E-state index contributed by atoms with van der Waals surface area (Å²) in [6.45, 7) is 3.20. The topological polar surface area (TPSA) is 58.4 Å². The van der Waals surface area contributed by atoms with Crippen molar-refractivity contribution >= 4 is 23.0 Å². The van der Waals surface area contributed by atoms with Crippen LogP contribution in [0.25, 0.3) is 0 Å². The molecule has 6 heteroatoms. The molecule has 1 fully saturated rings. The number of halogens is 1. The van der Waals surface area contributed by atoms with Gasteiger partial charge in [0, 0.05) is 30.8 Å². The number of piperidine rings is 1. The average Bonchev–Trinajstić information content (AvgIpc) is 2.36. The molecule has 0 bridgehead atoms. The van der Waals surface area contributed by atoms with Crippen LogP contribution in [0.4, 0.5) is 11.4 Å². The second-order valence-electron chi connectivity index (χ2n) is 5.12. The summed E-state index contributed by atoms with van der Waals surface area (Å²) in [6, 6.07) is 5.31. The minimum Gasteiger partial charge on any atom is -0.381 e. The van der Waals surface area contributed by atoms with Crippen LogP contribution in [0.15, 0.2) is 18.2 Å². The zero-order chi connectivity index (χ0) is 14.0. The average molecular weight is 284 g/mol. The van der Waals surface area contributed by atoms with Crippen molar-refractivity contribution in [1.29, 1.82) is 0 Å². The summed E-state index contributed by atoms with van der Waals surface area (Å²) < 4.78 is 0. The highest BCUT2D eigenvalue weighted by Crippen LogP contribution is 2.29. The summed E-state index contributed by atoms with van der Waals surface area (Å²) in [4.78, 5) is 12.7. The Kier molecular flexibility index (Phi) is 4.27.